The van der Waals surface area contributed by atoms with E-state index in [1.54, 1.807) is 12.3 Å². The van der Waals surface area contributed by atoms with Crippen LogP contribution in [0.15, 0.2) is 42.6 Å². The molecule has 1 aromatic carbocycles. The van der Waals surface area contributed by atoms with E-state index in [0.717, 1.165) is 5.56 Å². The lowest BCUT2D eigenvalue weighted by Crippen LogP contribution is -1.90. The maximum absolute atomic E-state index is 8.67. The van der Waals surface area contributed by atoms with Gasteiger partial charge >= 0.3 is 0 Å². The molecular weight excluding hydrogens is 174 g/mol. The maximum atomic E-state index is 8.67. The first-order valence-electron chi connectivity index (χ1n) is 4.19. The summed E-state index contributed by atoms with van der Waals surface area (Å²) >= 11 is 0. The highest BCUT2D eigenvalue weighted by atomic mass is 14.9. The number of hydrogen-bond donors (Lipinski definition) is 0. The Morgan fingerprint density at radius 3 is 2.57 bits per heavy atom. The second-order valence-electron chi connectivity index (χ2n) is 2.74. The fourth-order valence-electron chi connectivity index (χ4n) is 1.15. The Morgan fingerprint density at radius 1 is 1.07 bits per heavy atom. The summed E-state index contributed by atoms with van der Waals surface area (Å²) in [5.41, 5.74) is 1.31. The predicted molar refractivity (Wildman–Crippen MR) is 52.2 cm³/mol. The van der Waals surface area contributed by atoms with Gasteiger partial charge in [0.25, 0.3) is 0 Å². The van der Waals surface area contributed by atoms with Gasteiger partial charge in [-0.25, -0.2) is 9.97 Å². The van der Waals surface area contributed by atoms with Crippen molar-refractivity contribution in [2.24, 2.45) is 0 Å². The van der Waals surface area contributed by atoms with Gasteiger partial charge in [0.05, 0.1) is 0 Å². The molecule has 0 saturated heterocycles. The zero-order valence-corrected chi connectivity index (χ0v) is 7.38. The summed E-state index contributed by atoms with van der Waals surface area (Å²) in [5.74, 6) is 0.588. The molecule has 0 N–H and O–H groups in total. The molecule has 0 radical (unpaired) electrons. The summed E-state index contributed by atoms with van der Waals surface area (Å²) < 4.78 is 0. The van der Waals surface area contributed by atoms with Gasteiger partial charge in [-0.1, -0.05) is 30.3 Å². The predicted octanol–water partition coefficient (Wildman–Crippen LogP) is 2.02. The van der Waals surface area contributed by atoms with Crippen molar-refractivity contribution in [1.29, 1.82) is 5.26 Å². The summed E-state index contributed by atoms with van der Waals surface area (Å²) in [6, 6.07) is 13.2. The number of hydrogen-bond acceptors (Lipinski definition) is 3. The quantitative estimate of drug-likeness (QED) is 0.676. The van der Waals surface area contributed by atoms with E-state index in [1.807, 2.05) is 36.4 Å². The Morgan fingerprint density at radius 2 is 1.86 bits per heavy atom. The van der Waals surface area contributed by atoms with Crippen LogP contribution in [-0.2, 0) is 0 Å². The summed E-state index contributed by atoms with van der Waals surface area (Å²) in [6.45, 7) is 0. The van der Waals surface area contributed by atoms with Crippen LogP contribution in [0.5, 0.6) is 0 Å². The molecule has 0 aliphatic carbocycles. The molecule has 3 nitrogen and oxygen atoms in total. The molecule has 0 saturated carbocycles. The third-order valence-electron chi connectivity index (χ3n) is 1.80. The van der Waals surface area contributed by atoms with Gasteiger partial charge in [-0.15, -0.1) is 0 Å². The minimum Gasteiger partial charge on any atom is -0.236 e. The Hall–Kier alpha value is -2.21. The minimum atomic E-state index is 0.388. The molecule has 0 spiro atoms. The van der Waals surface area contributed by atoms with E-state index >= 15 is 0 Å². The molecule has 0 bridgehead atoms. The lowest BCUT2D eigenvalue weighted by Gasteiger charge is -1.98. The van der Waals surface area contributed by atoms with Crippen LogP contribution < -0.4 is 0 Å². The zero-order chi connectivity index (χ0) is 9.80. The summed E-state index contributed by atoms with van der Waals surface area (Å²) in [5, 5.41) is 8.67. The third-order valence-corrected chi connectivity index (χ3v) is 1.80. The highest BCUT2D eigenvalue weighted by Gasteiger charge is 2.00. The molecule has 14 heavy (non-hydrogen) atoms. The van der Waals surface area contributed by atoms with Crippen molar-refractivity contribution in [2.45, 2.75) is 0 Å². The van der Waals surface area contributed by atoms with Gasteiger partial charge in [0, 0.05) is 11.8 Å². The topological polar surface area (TPSA) is 49.6 Å². The van der Waals surface area contributed by atoms with Crippen LogP contribution in [0.3, 0.4) is 0 Å². The molecule has 0 unspecified atom stereocenters. The average molecular weight is 181 g/mol. The first-order chi connectivity index (χ1) is 6.90. The minimum absolute atomic E-state index is 0.388. The Labute approximate surface area is 81.7 Å². The summed E-state index contributed by atoms with van der Waals surface area (Å²) in [4.78, 5) is 8.18. The maximum Gasteiger partial charge on any atom is 0.160 e. The Kier molecular flexibility index (Phi) is 2.20. The van der Waals surface area contributed by atoms with Crippen molar-refractivity contribution >= 4 is 0 Å². The van der Waals surface area contributed by atoms with Crippen LogP contribution in [0.4, 0.5) is 0 Å². The zero-order valence-electron chi connectivity index (χ0n) is 7.38. The number of aromatic nitrogens is 2. The standard InChI is InChI=1S/C11H7N3/c12-8-10-6-7-13-11(14-10)9-4-2-1-3-5-9/h1-7H. The molecule has 0 amide bonds. The van der Waals surface area contributed by atoms with Crippen LogP contribution in [0, 0.1) is 11.3 Å². The lowest BCUT2D eigenvalue weighted by molar-refractivity contribution is 1.15. The second kappa shape index (κ2) is 3.67. The molecule has 1 heterocycles. The molecule has 1 aromatic heterocycles. The molecule has 2 rings (SSSR count). The molecular formula is C11H7N3. The van der Waals surface area contributed by atoms with Crippen LogP contribution >= 0.6 is 0 Å². The van der Waals surface area contributed by atoms with E-state index < -0.39 is 0 Å². The molecule has 0 aliphatic heterocycles. The fourth-order valence-corrected chi connectivity index (χ4v) is 1.15. The van der Waals surface area contributed by atoms with E-state index in [2.05, 4.69) is 9.97 Å². The Bertz CT molecular complexity index is 471. The smallest absolute Gasteiger partial charge is 0.160 e. The van der Waals surface area contributed by atoms with Crippen molar-refractivity contribution in [3.63, 3.8) is 0 Å². The van der Waals surface area contributed by atoms with Crippen LogP contribution in [0.2, 0.25) is 0 Å². The van der Waals surface area contributed by atoms with Crippen molar-refractivity contribution in [1.82, 2.24) is 9.97 Å². The monoisotopic (exact) mass is 181 g/mol. The molecule has 0 fully saturated rings. The van der Waals surface area contributed by atoms with Crippen molar-refractivity contribution in [3.05, 3.63) is 48.3 Å². The number of nitrogens with zero attached hydrogens (tertiary/aromatic N) is 3. The van der Waals surface area contributed by atoms with Crippen molar-refractivity contribution in [2.75, 3.05) is 0 Å². The summed E-state index contributed by atoms with van der Waals surface area (Å²) in [7, 11) is 0. The third kappa shape index (κ3) is 1.59. The molecule has 66 valence electrons. The van der Waals surface area contributed by atoms with Crippen molar-refractivity contribution in [3.8, 4) is 17.5 Å². The van der Waals surface area contributed by atoms with Gasteiger partial charge in [0.15, 0.2) is 5.82 Å². The number of benzene rings is 1. The van der Waals surface area contributed by atoms with Gasteiger partial charge in [0.2, 0.25) is 0 Å². The number of rotatable bonds is 1. The molecule has 0 atom stereocenters. The van der Waals surface area contributed by atoms with Crippen LogP contribution in [0.25, 0.3) is 11.4 Å². The van der Waals surface area contributed by atoms with Gasteiger partial charge < -0.3 is 0 Å². The van der Waals surface area contributed by atoms with E-state index in [0.29, 0.717) is 11.5 Å². The van der Waals surface area contributed by atoms with Crippen molar-refractivity contribution < 1.29 is 0 Å². The van der Waals surface area contributed by atoms with E-state index in [9.17, 15) is 0 Å². The van der Waals surface area contributed by atoms with E-state index in [-0.39, 0.29) is 0 Å². The number of nitriles is 1. The molecule has 0 aliphatic rings. The highest BCUT2D eigenvalue weighted by molar-refractivity contribution is 5.54. The highest BCUT2D eigenvalue weighted by Crippen LogP contribution is 2.12. The molecule has 2 aromatic rings. The van der Waals surface area contributed by atoms with Crippen LogP contribution in [-0.4, -0.2) is 9.97 Å². The van der Waals surface area contributed by atoms with E-state index in [1.165, 1.54) is 0 Å². The summed E-state index contributed by atoms with van der Waals surface area (Å²) in [6.07, 6.45) is 1.59. The SMILES string of the molecule is N#Cc1ccnc(-c2ccccc2)n1. The van der Waals surface area contributed by atoms with Gasteiger partial charge in [-0.05, 0) is 6.07 Å². The van der Waals surface area contributed by atoms with Gasteiger partial charge in [0.1, 0.15) is 11.8 Å². The molecule has 3 heteroatoms. The van der Waals surface area contributed by atoms with Crippen LogP contribution in [0.1, 0.15) is 5.69 Å². The van der Waals surface area contributed by atoms with Gasteiger partial charge in [-0.3, -0.25) is 0 Å². The van der Waals surface area contributed by atoms with Gasteiger partial charge in [-0.2, -0.15) is 5.26 Å². The Balaban J connectivity index is 2.49. The first-order valence-corrected chi connectivity index (χ1v) is 4.19. The average Bonchev–Trinajstić information content (AvgIpc) is 2.30. The fraction of sp³-hybridized carbons (Fsp3) is 0. The van der Waals surface area contributed by atoms with E-state index in [4.69, 9.17) is 5.26 Å². The first kappa shape index (κ1) is 8.39. The normalized spacial score (nSPS) is 9.36. The lowest BCUT2D eigenvalue weighted by atomic mass is 10.2. The largest absolute Gasteiger partial charge is 0.236 e. The second-order valence-corrected chi connectivity index (χ2v) is 2.74.